The number of anilines is 2. The Kier molecular flexibility index (Phi) is 6.64. The zero-order chi connectivity index (χ0) is 23.2. The van der Waals surface area contributed by atoms with E-state index >= 15 is 0 Å². The molecule has 0 saturated heterocycles. The predicted octanol–water partition coefficient (Wildman–Crippen LogP) is 3.96. The Morgan fingerprint density at radius 3 is 2.27 bits per heavy atom. The summed E-state index contributed by atoms with van der Waals surface area (Å²) in [6.45, 7) is 0. The molecule has 1 aliphatic carbocycles. The summed E-state index contributed by atoms with van der Waals surface area (Å²) in [5, 5.41) is 20.3. The number of carbonyl (C=O) groups is 2. The van der Waals surface area contributed by atoms with Gasteiger partial charge in [-0.3, -0.25) is 19.7 Å². The summed E-state index contributed by atoms with van der Waals surface area (Å²) in [5.74, 6) is -0.803. The van der Waals surface area contributed by atoms with Crippen LogP contribution in [-0.2, 0) is 11.2 Å². The van der Waals surface area contributed by atoms with Crippen molar-refractivity contribution in [3.05, 3.63) is 100 Å². The van der Waals surface area contributed by atoms with Crippen LogP contribution in [0, 0.1) is 10.1 Å². The second kappa shape index (κ2) is 9.95. The minimum absolute atomic E-state index is 0.109. The first-order valence-corrected chi connectivity index (χ1v) is 10.8. The minimum Gasteiger partial charge on any atom is -0.352 e. The molecule has 0 heterocycles. The fourth-order valence-electron chi connectivity index (χ4n) is 3.44. The maximum absolute atomic E-state index is 13.0. The van der Waals surface area contributed by atoms with Crippen molar-refractivity contribution >= 4 is 28.9 Å². The van der Waals surface area contributed by atoms with E-state index < -0.39 is 16.9 Å². The maximum atomic E-state index is 13.0. The number of carbonyl (C=O) groups excluding carboxylic acids is 2. The number of benzene rings is 3. The molecule has 0 spiro atoms. The molecule has 0 aromatic heterocycles. The molecule has 2 amide bonds. The number of para-hydroxylation sites is 1. The van der Waals surface area contributed by atoms with Crippen molar-refractivity contribution in [1.82, 2.24) is 10.6 Å². The summed E-state index contributed by atoms with van der Waals surface area (Å²) in [6.07, 6.45) is 2.18. The van der Waals surface area contributed by atoms with E-state index in [4.69, 9.17) is 0 Å². The molecule has 8 nitrogen and oxygen atoms in total. The van der Waals surface area contributed by atoms with Crippen LogP contribution in [0.25, 0.3) is 0 Å². The van der Waals surface area contributed by atoms with Gasteiger partial charge in [0, 0.05) is 29.8 Å². The van der Waals surface area contributed by atoms with Crippen LogP contribution < -0.4 is 16.0 Å². The van der Waals surface area contributed by atoms with Gasteiger partial charge in [-0.15, -0.1) is 0 Å². The molecule has 3 aromatic carbocycles. The normalized spacial score (nSPS) is 13.6. The molecule has 0 radical (unpaired) electrons. The molecule has 168 valence electrons. The van der Waals surface area contributed by atoms with Crippen molar-refractivity contribution in [3.63, 3.8) is 0 Å². The van der Waals surface area contributed by atoms with Crippen molar-refractivity contribution in [2.45, 2.75) is 31.3 Å². The number of hydrogen-bond donors (Lipinski definition) is 3. The van der Waals surface area contributed by atoms with Crippen LogP contribution in [0.2, 0.25) is 0 Å². The average Bonchev–Trinajstić information content (AvgIpc) is 3.64. The Hall–Kier alpha value is -4.20. The number of nitrogens with one attached hydrogen (secondary N) is 3. The molecular weight excluding hydrogens is 420 g/mol. The number of rotatable bonds is 9. The lowest BCUT2D eigenvalue weighted by atomic mass is 10.0. The molecule has 0 bridgehead atoms. The maximum Gasteiger partial charge on any atom is 0.293 e. The minimum atomic E-state index is -0.790. The van der Waals surface area contributed by atoms with E-state index in [0.717, 1.165) is 18.4 Å². The van der Waals surface area contributed by atoms with Gasteiger partial charge in [0.25, 0.3) is 11.6 Å². The lowest BCUT2D eigenvalue weighted by Gasteiger charge is -2.19. The van der Waals surface area contributed by atoms with E-state index in [2.05, 4.69) is 16.0 Å². The van der Waals surface area contributed by atoms with Gasteiger partial charge in [0.2, 0.25) is 5.91 Å². The molecule has 4 rings (SSSR count). The molecule has 1 unspecified atom stereocenters. The largest absolute Gasteiger partial charge is 0.352 e. The van der Waals surface area contributed by atoms with E-state index in [1.165, 1.54) is 18.2 Å². The number of nitrogens with zero attached hydrogens (tertiary/aromatic N) is 1. The average molecular weight is 444 g/mol. The van der Waals surface area contributed by atoms with E-state index in [1.807, 2.05) is 48.5 Å². The first kappa shape index (κ1) is 22.0. The Bertz CT molecular complexity index is 1150. The lowest BCUT2D eigenvalue weighted by Crippen LogP contribution is -2.48. The zero-order valence-electron chi connectivity index (χ0n) is 17.9. The molecule has 3 aromatic rings. The molecule has 1 aliphatic rings. The summed E-state index contributed by atoms with van der Waals surface area (Å²) in [4.78, 5) is 36.8. The van der Waals surface area contributed by atoms with Crippen molar-refractivity contribution in [3.8, 4) is 0 Å². The predicted molar refractivity (Wildman–Crippen MR) is 125 cm³/mol. The third-order valence-corrected chi connectivity index (χ3v) is 5.34. The molecule has 1 saturated carbocycles. The van der Waals surface area contributed by atoms with E-state index in [1.54, 1.807) is 12.1 Å². The Labute approximate surface area is 191 Å². The SMILES string of the molecule is O=C(NC(Cc1ccccc1)C(=O)NC1CC1)c1ccc(Nc2ccccc2)c([N+](=O)[O-])c1. The smallest absolute Gasteiger partial charge is 0.293 e. The van der Waals surface area contributed by atoms with Gasteiger partial charge in [-0.2, -0.15) is 0 Å². The van der Waals surface area contributed by atoms with Gasteiger partial charge < -0.3 is 16.0 Å². The van der Waals surface area contributed by atoms with Crippen molar-refractivity contribution < 1.29 is 14.5 Å². The van der Waals surface area contributed by atoms with E-state index in [0.29, 0.717) is 12.1 Å². The van der Waals surface area contributed by atoms with E-state index in [9.17, 15) is 19.7 Å². The Morgan fingerprint density at radius 2 is 1.64 bits per heavy atom. The second-order valence-electron chi connectivity index (χ2n) is 7.98. The number of nitro benzene ring substituents is 1. The summed E-state index contributed by atoms with van der Waals surface area (Å²) in [5.41, 5.74) is 1.75. The number of amides is 2. The molecule has 8 heteroatoms. The van der Waals surface area contributed by atoms with Gasteiger partial charge in [-0.1, -0.05) is 48.5 Å². The van der Waals surface area contributed by atoms with Gasteiger partial charge in [0.15, 0.2) is 0 Å². The van der Waals surface area contributed by atoms with Crippen LogP contribution in [-0.4, -0.2) is 28.8 Å². The molecule has 33 heavy (non-hydrogen) atoms. The number of nitro groups is 1. The summed E-state index contributed by atoms with van der Waals surface area (Å²) < 4.78 is 0. The monoisotopic (exact) mass is 444 g/mol. The standard InChI is InChI=1S/C25H24N4O4/c30-24(28-22(25(31)27-20-12-13-20)15-17-7-3-1-4-8-17)18-11-14-21(23(16-18)29(32)33)26-19-9-5-2-6-10-19/h1-11,14,16,20,22,26H,12-13,15H2,(H,27,31)(H,28,30). The molecule has 0 aliphatic heterocycles. The third-order valence-electron chi connectivity index (χ3n) is 5.34. The topological polar surface area (TPSA) is 113 Å². The fraction of sp³-hybridized carbons (Fsp3) is 0.200. The molecule has 1 atom stereocenters. The summed E-state index contributed by atoms with van der Waals surface area (Å²) in [6, 6.07) is 22.0. The van der Waals surface area contributed by atoms with Crippen LogP contribution in [0.15, 0.2) is 78.9 Å². The number of hydrogen-bond acceptors (Lipinski definition) is 5. The summed E-state index contributed by atoms with van der Waals surface area (Å²) >= 11 is 0. The third kappa shape index (κ3) is 5.94. The van der Waals surface area contributed by atoms with Crippen LogP contribution >= 0.6 is 0 Å². The highest BCUT2D eigenvalue weighted by atomic mass is 16.6. The van der Waals surface area contributed by atoms with Crippen molar-refractivity contribution in [2.24, 2.45) is 0 Å². The molecule has 3 N–H and O–H groups in total. The highest BCUT2D eigenvalue weighted by Crippen LogP contribution is 2.28. The van der Waals surface area contributed by atoms with Crippen molar-refractivity contribution in [1.29, 1.82) is 0 Å². The quantitative estimate of drug-likeness (QED) is 0.342. The second-order valence-corrected chi connectivity index (χ2v) is 7.98. The molecular formula is C25H24N4O4. The summed E-state index contributed by atoms with van der Waals surface area (Å²) in [7, 11) is 0. The van der Waals surface area contributed by atoms with E-state index in [-0.39, 0.29) is 28.9 Å². The first-order valence-electron chi connectivity index (χ1n) is 10.8. The van der Waals surface area contributed by atoms with Gasteiger partial charge in [0.05, 0.1) is 4.92 Å². The highest BCUT2D eigenvalue weighted by molar-refractivity contribution is 5.99. The Morgan fingerprint density at radius 1 is 0.970 bits per heavy atom. The van der Waals surface area contributed by atoms with Gasteiger partial charge in [-0.25, -0.2) is 0 Å². The Balaban J connectivity index is 1.53. The lowest BCUT2D eigenvalue weighted by molar-refractivity contribution is -0.383. The highest BCUT2D eigenvalue weighted by Gasteiger charge is 2.29. The fourth-order valence-corrected chi connectivity index (χ4v) is 3.44. The zero-order valence-corrected chi connectivity index (χ0v) is 17.9. The van der Waals surface area contributed by atoms with Crippen LogP contribution in [0.3, 0.4) is 0 Å². The first-order chi connectivity index (χ1) is 16.0. The van der Waals surface area contributed by atoms with Crippen LogP contribution in [0.5, 0.6) is 0 Å². The van der Waals surface area contributed by atoms with Gasteiger partial charge in [-0.05, 0) is 42.7 Å². The van der Waals surface area contributed by atoms with Crippen LogP contribution in [0.4, 0.5) is 17.1 Å². The van der Waals surface area contributed by atoms with Crippen LogP contribution in [0.1, 0.15) is 28.8 Å². The molecule has 1 fully saturated rings. The van der Waals surface area contributed by atoms with Gasteiger partial charge in [0.1, 0.15) is 11.7 Å². The van der Waals surface area contributed by atoms with Gasteiger partial charge >= 0.3 is 0 Å². The van der Waals surface area contributed by atoms with Crippen molar-refractivity contribution in [2.75, 3.05) is 5.32 Å².